The summed E-state index contributed by atoms with van der Waals surface area (Å²) in [5.74, 6) is -1.05. The predicted molar refractivity (Wildman–Crippen MR) is 57.1 cm³/mol. The van der Waals surface area contributed by atoms with Gasteiger partial charge in [0, 0.05) is 11.8 Å². The lowest BCUT2D eigenvalue weighted by molar-refractivity contribution is -0.140. The van der Waals surface area contributed by atoms with E-state index in [-0.39, 0.29) is 23.7 Å². The van der Waals surface area contributed by atoms with Crippen LogP contribution < -0.4 is 0 Å². The molecule has 0 aliphatic rings. The van der Waals surface area contributed by atoms with E-state index in [1.807, 2.05) is 5.10 Å². The fourth-order valence-electron chi connectivity index (χ4n) is 1.80. The zero-order valence-corrected chi connectivity index (χ0v) is 9.08. The van der Waals surface area contributed by atoms with Crippen molar-refractivity contribution >= 4 is 16.9 Å². The van der Waals surface area contributed by atoms with Gasteiger partial charge in [0.25, 0.3) is 0 Å². The molecular weight excluding hydrogens is 249 g/mol. The average Bonchev–Trinajstić information content (AvgIpc) is 2.69. The zero-order chi connectivity index (χ0) is 13.3. The lowest BCUT2D eigenvalue weighted by atomic mass is 10.0. The first-order valence-electron chi connectivity index (χ1n) is 5.14. The molecule has 2 rings (SSSR count). The van der Waals surface area contributed by atoms with Crippen LogP contribution in [0.25, 0.3) is 10.9 Å². The van der Waals surface area contributed by atoms with Crippen LogP contribution in [-0.2, 0) is 17.4 Å². The molecule has 0 atom stereocenters. The lowest BCUT2D eigenvalue weighted by Gasteiger charge is -2.06. The number of rotatable bonds is 3. The second kappa shape index (κ2) is 4.32. The molecule has 1 heterocycles. The molecule has 0 saturated carbocycles. The Morgan fingerprint density at radius 2 is 2.11 bits per heavy atom. The van der Waals surface area contributed by atoms with Crippen molar-refractivity contribution < 1.29 is 23.1 Å². The van der Waals surface area contributed by atoms with Gasteiger partial charge >= 0.3 is 12.1 Å². The van der Waals surface area contributed by atoms with Crippen molar-refractivity contribution in [2.75, 3.05) is 0 Å². The fraction of sp³-hybridized carbons (Fsp3) is 0.273. The van der Waals surface area contributed by atoms with Crippen LogP contribution >= 0.6 is 0 Å². The summed E-state index contributed by atoms with van der Waals surface area (Å²) in [6, 6.07) is 4.49. The van der Waals surface area contributed by atoms with Crippen LogP contribution in [0.5, 0.6) is 0 Å². The number of benzene rings is 1. The van der Waals surface area contributed by atoms with Gasteiger partial charge in [-0.25, -0.2) is 0 Å². The molecule has 0 saturated heterocycles. The van der Waals surface area contributed by atoms with E-state index in [9.17, 15) is 18.0 Å². The predicted octanol–water partition coefficient (Wildman–Crippen LogP) is 2.60. The highest BCUT2D eigenvalue weighted by Crippen LogP contribution is 2.34. The molecule has 0 bridgehead atoms. The molecule has 18 heavy (non-hydrogen) atoms. The maximum atomic E-state index is 12.7. The van der Waals surface area contributed by atoms with E-state index in [4.69, 9.17) is 5.11 Å². The molecular formula is C11H9F3N2O2. The second-order valence-corrected chi connectivity index (χ2v) is 3.80. The molecule has 0 aliphatic carbocycles. The Morgan fingerprint density at radius 3 is 2.72 bits per heavy atom. The molecule has 0 amide bonds. The molecule has 2 aromatic rings. The summed E-state index contributed by atoms with van der Waals surface area (Å²) in [4.78, 5) is 10.5. The minimum atomic E-state index is -4.53. The summed E-state index contributed by atoms with van der Waals surface area (Å²) < 4.78 is 38.2. The first kappa shape index (κ1) is 12.4. The van der Waals surface area contributed by atoms with Gasteiger partial charge in [0.2, 0.25) is 0 Å². The fourth-order valence-corrected chi connectivity index (χ4v) is 1.80. The molecule has 0 fully saturated rings. The molecule has 96 valence electrons. The van der Waals surface area contributed by atoms with Crippen LogP contribution in [0.4, 0.5) is 13.2 Å². The number of halogens is 3. The van der Waals surface area contributed by atoms with Crippen LogP contribution in [0.3, 0.4) is 0 Å². The topological polar surface area (TPSA) is 66.0 Å². The number of H-pyrrole nitrogens is 1. The Morgan fingerprint density at radius 1 is 1.39 bits per heavy atom. The summed E-state index contributed by atoms with van der Waals surface area (Å²) in [7, 11) is 0. The molecule has 7 heteroatoms. The normalized spacial score (nSPS) is 11.9. The van der Waals surface area contributed by atoms with Crippen LogP contribution in [-0.4, -0.2) is 21.3 Å². The van der Waals surface area contributed by atoms with Gasteiger partial charge in [-0.2, -0.15) is 18.3 Å². The van der Waals surface area contributed by atoms with Crippen molar-refractivity contribution in [1.29, 1.82) is 0 Å². The number of aromatic nitrogens is 2. The van der Waals surface area contributed by atoms with E-state index in [1.165, 1.54) is 12.1 Å². The third-order valence-electron chi connectivity index (χ3n) is 2.56. The minimum absolute atomic E-state index is 0.0370. The Bertz CT molecular complexity index is 589. The summed E-state index contributed by atoms with van der Waals surface area (Å²) in [5.41, 5.74) is -0.417. The smallest absolute Gasteiger partial charge is 0.433 e. The molecule has 1 aromatic carbocycles. The van der Waals surface area contributed by atoms with E-state index in [0.29, 0.717) is 5.56 Å². The summed E-state index contributed by atoms with van der Waals surface area (Å²) in [6.45, 7) is 0. The Hall–Kier alpha value is -2.05. The second-order valence-electron chi connectivity index (χ2n) is 3.80. The zero-order valence-electron chi connectivity index (χ0n) is 9.08. The van der Waals surface area contributed by atoms with Crippen molar-refractivity contribution in [3.05, 3.63) is 29.5 Å². The van der Waals surface area contributed by atoms with Crippen LogP contribution in [0.2, 0.25) is 0 Å². The van der Waals surface area contributed by atoms with E-state index in [1.54, 1.807) is 6.07 Å². The van der Waals surface area contributed by atoms with Gasteiger partial charge in [-0.05, 0) is 18.1 Å². The number of carbonyl (C=O) groups is 1. The quantitative estimate of drug-likeness (QED) is 0.889. The lowest BCUT2D eigenvalue weighted by Crippen LogP contribution is -2.07. The number of fused-ring (bicyclic) bond motifs is 1. The van der Waals surface area contributed by atoms with Gasteiger partial charge < -0.3 is 5.11 Å². The SMILES string of the molecule is O=C(O)CCc1cccc2n[nH]c(C(F)(F)F)c12. The van der Waals surface area contributed by atoms with E-state index in [2.05, 4.69) is 5.10 Å². The Balaban J connectivity index is 2.52. The molecule has 4 nitrogen and oxygen atoms in total. The van der Waals surface area contributed by atoms with Gasteiger partial charge in [0.1, 0.15) is 5.69 Å². The molecule has 2 N–H and O–H groups in total. The average molecular weight is 258 g/mol. The number of aryl methyl sites for hydroxylation is 1. The van der Waals surface area contributed by atoms with Crippen molar-refractivity contribution in [3.8, 4) is 0 Å². The Kier molecular flexibility index (Phi) is 2.98. The number of nitrogens with one attached hydrogen (secondary N) is 1. The number of carboxylic acids is 1. The number of aliphatic carboxylic acids is 1. The highest BCUT2D eigenvalue weighted by Gasteiger charge is 2.35. The maximum absolute atomic E-state index is 12.7. The van der Waals surface area contributed by atoms with Crippen molar-refractivity contribution in [3.63, 3.8) is 0 Å². The summed E-state index contributed by atoms with van der Waals surface area (Å²) in [6.07, 6.45) is -4.72. The molecule has 0 spiro atoms. The first-order chi connectivity index (χ1) is 8.39. The summed E-state index contributed by atoms with van der Waals surface area (Å²) >= 11 is 0. The molecule has 0 unspecified atom stereocenters. The van der Waals surface area contributed by atoms with Gasteiger partial charge in [0.15, 0.2) is 0 Å². The van der Waals surface area contributed by atoms with Gasteiger partial charge in [-0.1, -0.05) is 12.1 Å². The highest BCUT2D eigenvalue weighted by molar-refractivity contribution is 5.85. The largest absolute Gasteiger partial charge is 0.481 e. The van der Waals surface area contributed by atoms with Gasteiger partial charge in [0.05, 0.1) is 5.52 Å². The van der Waals surface area contributed by atoms with Crippen LogP contribution in [0.1, 0.15) is 17.7 Å². The number of nitrogens with zero attached hydrogens (tertiary/aromatic N) is 1. The summed E-state index contributed by atoms with van der Waals surface area (Å²) in [5, 5.41) is 14.1. The van der Waals surface area contributed by atoms with Crippen molar-refractivity contribution in [1.82, 2.24) is 10.2 Å². The number of alkyl halides is 3. The van der Waals surface area contributed by atoms with Crippen molar-refractivity contribution in [2.24, 2.45) is 0 Å². The monoisotopic (exact) mass is 258 g/mol. The standard InChI is InChI=1S/C11H9F3N2O2/c12-11(13,14)10-9-6(4-5-8(17)18)2-1-3-7(9)15-16-10/h1-3H,4-5H2,(H,15,16)(H,17,18). The molecule has 0 aliphatic heterocycles. The number of hydrogen-bond acceptors (Lipinski definition) is 2. The van der Waals surface area contributed by atoms with Gasteiger partial charge in [-0.15, -0.1) is 0 Å². The number of carboxylic acid groups (broad SMARTS) is 1. The first-order valence-corrected chi connectivity index (χ1v) is 5.14. The van der Waals surface area contributed by atoms with E-state index in [0.717, 1.165) is 0 Å². The van der Waals surface area contributed by atoms with E-state index >= 15 is 0 Å². The number of hydrogen-bond donors (Lipinski definition) is 2. The van der Waals surface area contributed by atoms with Crippen LogP contribution in [0, 0.1) is 0 Å². The minimum Gasteiger partial charge on any atom is -0.481 e. The van der Waals surface area contributed by atoms with Gasteiger partial charge in [-0.3, -0.25) is 9.89 Å². The molecule has 1 aromatic heterocycles. The maximum Gasteiger partial charge on any atom is 0.433 e. The third-order valence-corrected chi connectivity index (χ3v) is 2.56. The number of aromatic amines is 1. The third kappa shape index (κ3) is 2.29. The van der Waals surface area contributed by atoms with Crippen molar-refractivity contribution in [2.45, 2.75) is 19.0 Å². The van der Waals surface area contributed by atoms with Crippen LogP contribution in [0.15, 0.2) is 18.2 Å². The Labute approximate surface area is 99.4 Å². The molecule has 0 radical (unpaired) electrons. The highest BCUT2D eigenvalue weighted by atomic mass is 19.4. The van der Waals surface area contributed by atoms with E-state index < -0.39 is 17.8 Å².